The van der Waals surface area contributed by atoms with Gasteiger partial charge in [0.2, 0.25) is 10.0 Å². The summed E-state index contributed by atoms with van der Waals surface area (Å²) in [7, 11) is -3.57. The smallest absolute Gasteiger partial charge is 0.262 e. The van der Waals surface area contributed by atoms with E-state index in [2.05, 4.69) is 10.0 Å². The molecule has 0 bridgehead atoms. The van der Waals surface area contributed by atoms with Crippen LogP contribution in [-0.2, 0) is 21.4 Å². The third-order valence-electron chi connectivity index (χ3n) is 5.82. The molecule has 4 rings (SSSR count). The van der Waals surface area contributed by atoms with Crippen molar-refractivity contribution in [2.75, 3.05) is 11.9 Å². The van der Waals surface area contributed by atoms with E-state index < -0.39 is 10.0 Å². The van der Waals surface area contributed by atoms with Crippen LogP contribution < -0.4 is 19.5 Å². The van der Waals surface area contributed by atoms with Crippen molar-refractivity contribution in [1.29, 1.82) is 0 Å². The molecular weight excluding hydrogens is 464 g/mol. The van der Waals surface area contributed by atoms with E-state index in [9.17, 15) is 13.2 Å². The first-order chi connectivity index (χ1) is 17.0. The maximum Gasteiger partial charge on any atom is 0.262 e. The first-order valence-corrected chi connectivity index (χ1v) is 13.3. The highest BCUT2D eigenvalue weighted by molar-refractivity contribution is 7.89. The van der Waals surface area contributed by atoms with Crippen molar-refractivity contribution in [3.63, 3.8) is 0 Å². The van der Waals surface area contributed by atoms with Crippen LogP contribution in [-0.4, -0.2) is 27.0 Å². The Bertz CT molecular complexity index is 1190. The Morgan fingerprint density at radius 3 is 2.11 bits per heavy atom. The first-order valence-electron chi connectivity index (χ1n) is 11.8. The van der Waals surface area contributed by atoms with Gasteiger partial charge in [0, 0.05) is 11.7 Å². The normalized spacial score (nSPS) is 14.3. The lowest BCUT2D eigenvalue weighted by Gasteiger charge is -2.22. The second-order valence-electron chi connectivity index (χ2n) is 8.56. The third kappa shape index (κ3) is 7.56. The van der Waals surface area contributed by atoms with Crippen LogP contribution in [0.1, 0.15) is 37.7 Å². The molecule has 1 amide bonds. The number of sulfonamides is 1. The maximum absolute atomic E-state index is 12.6. The average molecular weight is 495 g/mol. The SMILES string of the molecule is O=C(COc1ccc(S(=O)(=O)NC2CCCCC2)cc1)Nc1ccc(OCc2ccccc2)cc1. The molecule has 1 aliphatic carbocycles. The minimum atomic E-state index is -3.57. The average Bonchev–Trinajstić information content (AvgIpc) is 2.88. The lowest BCUT2D eigenvalue weighted by molar-refractivity contribution is -0.118. The van der Waals surface area contributed by atoms with Gasteiger partial charge in [0.05, 0.1) is 4.90 Å². The van der Waals surface area contributed by atoms with Crippen LogP contribution in [0.3, 0.4) is 0 Å². The van der Waals surface area contributed by atoms with Gasteiger partial charge in [-0.2, -0.15) is 0 Å². The highest BCUT2D eigenvalue weighted by Crippen LogP contribution is 2.22. The number of ether oxygens (including phenoxy) is 2. The first kappa shape index (κ1) is 24.8. The molecule has 0 unspecified atom stereocenters. The van der Waals surface area contributed by atoms with E-state index >= 15 is 0 Å². The second kappa shape index (κ2) is 11.9. The minimum absolute atomic E-state index is 0.00198. The van der Waals surface area contributed by atoms with Crippen molar-refractivity contribution in [3.05, 3.63) is 84.4 Å². The largest absolute Gasteiger partial charge is 0.489 e. The van der Waals surface area contributed by atoms with Crippen LogP contribution in [0.4, 0.5) is 5.69 Å². The number of carbonyl (C=O) groups excluding carboxylic acids is 1. The predicted molar refractivity (Wildman–Crippen MR) is 135 cm³/mol. The van der Waals surface area contributed by atoms with Crippen molar-refractivity contribution in [2.24, 2.45) is 0 Å². The molecular formula is C27H30N2O5S. The summed E-state index contributed by atoms with van der Waals surface area (Å²) in [6, 6.07) is 23.1. The molecule has 1 fully saturated rings. The summed E-state index contributed by atoms with van der Waals surface area (Å²) in [5.74, 6) is 0.802. The van der Waals surface area contributed by atoms with Crippen LogP contribution >= 0.6 is 0 Å². The molecule has 0 radical (unpaired) electrons. The molecule has 0 saturated heterocycles. The van der Waals surface area contributed by atoms with Crippen molar-refractivity contribution in [1.82, 2.24) is 4.72 Å². The zero-order chi connectivity index (χ0) is 24.5. The van der Waals surface area contributed by atoms with Gasteiger partial charge in [0.25, 0.3) is 5.91 Å². The molecule has 184 valence electrons. The minimum Gasteiger partial charge on any atom is -0.489 e. The molecule has 1 aliphatic rings. The molecule has 3 aromatic carbocycles. The summed E-state index contributed by atoms with van der Waals surface area (Å²) in [6.07, 6.45) is 5.01. The van der Waals surface area contributed by atoms with Gasteiger partial charge in [-0.25, -0.2) is 13.1 Å². The summed E-state index contributed by atoms with van der Waals surface area (Å²) in [6.45, 7) is 0.274. The number of amides is 1. The van der Waals surface area contributed by atoms with Crippen molar-refractivity contribution >= 4 is 21.6 Å². The predicted octanol–water partition coefficient (Wildman–Crippen LogP) is 4.89. The summed E-state index contributed by atoms with van der Waals surface area (Å²) >= 11 is 0. The molecule has 2 N–H and O–H groups in total. The number of rotatable bonds is 10. The van der Waals surface area contributed by atoms with Crippen molar-refractivity contribution in [3.8, 4) is 11.5 Å². The number of benzene rings is 3. The van der Waals surface area contributed by atoms with Crippen molar-refractivity contribution in [2.45, 2.75) is 49.6 Å². The van der Waals surface area contributed by atoms with E-state index in [1.165, 1.54) is 12.1 Å². The zero-order valence-corrected chi connectivity index (χ0v) is 20.3. The van der Waals surface area contributed by atoms with Crippen molar-refractivity contribution < 1.29 is 22.7 Å². The quantitative estimate of drug-likeness (QED) is 0.418. The fraction of sp³-hybridized carbons (Fsp3) is 0.296. The van der Waals surface area contributed by atoms with E-state index in [0.29, 0.717) is 23.8 Å². The topological polar surface area (TPSA) is 93.7 Å². The number of nitrogens with one attached hydrogen (secondary N) is 2. The van der Waals surface area contributed by atoms with Crippen LogP contribution in [0.2, 0.25) is 0 Å². The molecule has 7 nitrogen and oxygen atoms in total. The molecule has 8 heteroatoms. The molecule has 0 heterocycles. The van der Waals surface area contributed by atoms with Gasteiger partial charge in [0.1, 0.15) is 18.1 Å². The van der Waals surface area contributed by atoms with E-state index in [0.717, 1.165) is 37.7 Å². The maximum atomic E-state index is 12.6. The van der Waals surface area contributed by atoms with E-state index in [1.54, 1.807) is 36.4 Å². The standard InChI is InChI=1S/C27H30N2O5S/c30-27(28-22-11-13-24(14-12-22)33-19-21-7-3-1-4-8-21)20-34-25-15-17-26(18-16-25)35(31,32)29-23-9-5-2-6-10-23/h1,3-4,7-8,11-18,23,29H,2,5-6,9-10,19-20H2,(H,28,30). The molecule has 0 aliphatic heterocycles. The van der Waals surface area contributed by atoms with Gasteiger partial charge in [-0.1, -0.05) is 49.6 Å². The summed E-state index contributed by atoms with van der Waals surface area (Å²) < 4.78 is 39.2. The van der Waals surface area contributed by atoms with Gasteiger partial charge in [-0.05, 0) is 66.9 Å². The molecule has 35 heavy (non-hydrogen) atoms. The Labute approximate surface area is 206 Å². The highest BCUT2D eigenvalue weighted by atomic mass is 32.2. The third-order valence-corrected chi connectivity index (χ3v) is 7.35. The molecule has 0 aromatic heterocycles. The van der Waals surface area contributed by atoms with E-state index in [4.69, 9.17) is 9.47 Å². The number of carbonyl (C=O) groups is 1. The number of hydrogen-bond acceptors (Lipinski definition) is 5. The molecule has 1 saturated carbocycles. The van der Waals surface area contributed by atoms with Crippen LogP contribution in [0.15, 0.2) is 83.8 Å². The number of hydrogen-bond donors (Lipinski definition) is 2. The Kier molecular flexibility index (Phi) is 8.39. The van der Waals surface area contributed by atoms with Gasteiger partial charge in [-0.3, -0.25) is 4.79 Å². The second-order valence-corrected chi connectivity index (χ2v) is 10.3. The molecule has 3 aromatic rings. The monoisotopic (exact) mass is 494 g/mol. The Morgan fingerprint density at radius 2 is 1.43 bits per heavy atom. The van der Waals surface area contributed by atoms with Crippen LogP contribution in [0, 0.1) is 0 Å². The fourth-order valence-corrected chi connectivity index (χ4v) is 5.25. The summed E-state index contributed by atoms with van der Waals surface area (Å²) in [4.78, 5) is 12.4. The highest BCUT2D eigenvalue weighted by Gasteiger charge is 2.21. The zero-order valence-electron chi connectivity index (χ0n) is 19.5. The lowest BCUT2D eigenvalue weighted by Crippen LogP contribution is -2.36. The van der Waals surface area contributed by atoms with Crippen LogP contribution in [0.5, 0.6) is 11.5 Å². The Morgan fingerprint density at radius 1 is 0.800 bits per heavy atom. The molecule has 0 spiro atoms. The van der Waals surface area contributed by atoms with E-state index in [1.807, 2.05) is 30.3 Å². The van der Waals surface area contributed by atoms with Crippen LogP contribution in [0.25, 0.3) is 0 Å². The summed E-state index contributed by atoms with van der Waals surface area (Å²) in [5, 5.41) is 2.77. The van der Waals surface area contributed by atoms with Gasteiger partial charge in [0.15, 0.2) is 6.61 Å². The molecule has 0 atom stereocenters. The summed E-state index contributed by atoms with van der Waals surface area (Å²) in [5.41, 5.74) is 1.70. The van der Waals surface area contributed by atoms with Gasteiger partial charge < -0.3 is 14.8 Å². The van der Waals surface area contributed by atoms with Gasteiger partial charge in [-0.15, -0.1) is 0 Å². The Hall–Kier alpha value is -3.36. The van der Waals surface area contributed by atoms with E-state index in [-0.39, 0.29) is 23.5 Å². The van der Waals surface area contributed by atoms with Gasteiger partial charge >= 0.3 is 0 Å². The lowest BCUT2D eigenvalue weighted by atomic mass is 9.96. The Balaban J connectivity index is 1.22. The number of anilines is 1. The fourth-order valence-electron chi connectivity index (χ4n) is 3.94.